The molecule has 5 N–H and O–H groups in total. The van der Waals surface area contributed by atoms with E-state index in [-0.39, 0.29) is 11.4 Å². The third-order valence-corrected chi connectivity index (χ3v) is 4.74. The van der Waals surface area contributed by atoms with Gasteiger partial charge < -0.3 is 30.7 Å². The molecule has 27 heavy (non-hydrogen) atoms. The highest BCUT2D eigenvalue weighted by molar-refractivity contribution is 7.26. The number of furan rings is 1. The number of ether oxygens (including phenoxy) is 2. The first-order valence-electron chi connectivity index (χ1n) is 8.29. The summed E-state index contributed by atoms with van der Waals surface area (Å²) in [6.45, 7) is 6.01. The Bertz CT molecular complexity index is 1020. The van der Waals surface area contributed by atoms with E-state index in [0.29, 0.717) is 29.2 Å². The van der Waals surface area contributed by atoms with Gasteiger partial charge in [0.1, 0.15) is 23.6 Å². The molecule has 0 aliphatic heterocycles. The third kappa shape index (κ3) is 4.08. The van der Waals surface area contributed by atoms with Gasteiger partial charge in [0, 0.05) is 10.1 Å². The summed E-state index contributed by atoms with van der Waals surface area (Å²) in [6, 6.07) is 5.47. The van der Waals surface area contributed by atoms with Crippen molar-refractivity contribution in [3.63, 3.8) is 0 Å². The maximum absolute atomic E-state index is 11.6. The van der Waals surface area contributed by atoms with Crippen LogP contribution in [0.2, 0.25) is 0 Å². The highest BCUT2D eigenvalue weighted by Crippen LogP contribution is 2.41. The number of carbonyl (C=O) groups is 2. The molecule has 0 fully saturated rings. The second kappa shape index (κ2) is 6.99. The topological polar surface area (TPSA) is 130 Å². The number of benzene rings is 1. The smallest absolute Gasteiger partial charge is 0.407 e. The molecule has 0 spiro atoms. The van der Waals surface area contributed by atoms with Crippen LogP contribution in [-0.4, -0.2) is 30.8 Å². The number of anilines is 1. The summed E-state index contributed by atoms with van der Waals surface area (Å²) in [5.74, 6) is -0.0701. The molecule has 8 nitrogen and oxygen atoms in total. The lowest BCUT2D eigenvalue weighted by Gasteiger charge is -2.19. The Balaban J connectivity index is 1.66. The minimum atomic E-state index is -0.693. The maximum Gasteiger partial charge on any atom is 0.407 e. The molecule has 0 radical (unpaired) electrons. The van der Waals surface area contributed by atoms with Gasteiger partial charge in [-0.15, -0.1) is 11.3 Å². The van der Waals surface area contributed by atoms with Crippen LogP contribution in [-0.2, 0) is 4.74 Å². The number of nitrogens with one attached hydrogen (secondary N) is 1. The number of alkyl carbamates (subject to hydrolysis) is 1. The van der Waals surface area contributed by atoms with Crippen LogP contribution < -0.4 is 21.5 Å². The Kier molecular flexibility index (Phi) is 4.88. The number of rotatable bonds is 5. The highest BCUT2D eigenvalue weighted by atomic mass is 32.1. The zero-order chi connectivity index (χ0) is 19.8. The van der Waals surface area contributed by atoms with E-state index < -0.39 is 17.6 Å². The van der Waals surface area contributed by atoms with Crippen LogP contribution in [0.4, 0.5) is 10.5 Å². The second-order valence-electron chi connectivity index (χ2n) is 6.90. The van der Waals surface area contributed by atoms with Crippen LogP contribution in [0.25, 0.3) is 20.4 Å². The molecule has 3 rings (SSSR count). The SMILES string of the molecule is CC(C)(C)OC(=O)NCCOc1ccc2c(c1)sc1c(N)c(C(N)=O)oc12. The van der Waals surface area contributed by atoms with Crippen molar-refractivity contribution < 1.29 is 23.5 Å². The van der Waals surface area contributed by atoms with Gasteiger partial charge >= 0.3 is 6.09 Å². The second-order valence-corrected chi connectivity index (χ2v) is 7.96. The van der Waals surface area contributed by atoms with Crippen molar-refractivity contribution in [2.45, 2.75) is 26.4 Å². The summed E-state index contributed by atoms with van der Waals surface area (Å²) in [5.41, 5.74) is 11.5. The third-order valence-electron chi connectivity index (χ3n) is 3.57. The number of amides is 2. The van der Waals surface area contributed by atoms with Crippen LogP contribution in [0.1, 0.15) is 31.3 Å². The number of nitrogens with two attached hydrogens (primary N) is 2. The van der Waals surface area contributed by atoms with E-state index in [1.165, 1.54) is 11.3 Å². The first-order chi connectivity index (χ1) is 12.7. The molecule has 2 aromatic heterocycles. The predicted molar refractivity (Wildman–Crippen MR) is 104 cm³/mol. The van der Waals surface area contributed by atoms with Gasteiger partial charge in [-0.05, 0) is 39.0 Å². The monoisotopic (exact) mass is 391 g/mol. The number of fused-ring (bicyclic) bond motifs is 3. The number of thiophene rings is 1. The minimum absolute atomic E-state index is 0.0216. The molecule has 9 heteroatoms. The van der Waals surface area contributed by atoms with E-state index in [9.17, 15) is 9.59 Å². The predicted octanol–water partition coefficient (Wildman–Crippen LogP) is 3.23. The van der Waals surface area contributed by atoms with Crippen molar-refractivity contribution in [1.29, 1.82) is 0 Å². The van der Waals surface area contributed by atoms with Crippen molar-refractivity contribution in [2.75, 3.05) is 18.9 Å². The molecule has 0 saturated heterocycles. The lowest BCUT2D eigenvalue weighted by molar-refractivity contribution is 0.0520. The molecular weight excluding hydrogens is 370 g/mol. The molecular formula is C18H21N3O5S. The largest absolute Gasteiger partial charge is 0.492 e. The van der Waals surface area contributed by atoms with E-state index in [2.05, 4.69) is 5.32 Å². The number of primary amides is 1. The highest BCUT2D eigenvalue weighted by Gasteiger charge is 2.20. The van der Waals surface area contributed by atoms with Gasteiger partial charge in [0.2, 0.25) is 5.76 Å². The Labute approximate surface area is 159 Å². The number of hydrogen-bond acceptors (Lipinski definition) is 7. The molecule has 0 saturated carbocycles. The van der Waals surface area contributed by atoms with Crippen LogP contribution in [0.3, 0.4) is 0 Å². The lowest BCUT2D eigenvalue weighted by atomic mass is 10.2. The summed E-state index contributed by atoms with van der Waals surface area (Å²) >= 11 is 1.39. The Morgan fingerprint density at radius 2 is 2.04 bits per heavy atom. The fourth-order valence-electron chi connectivity index (χ4n) is 2.50. The molecule has 2 amide bonds. The maximum atomic E-state index is 11.6. The fraction of sp³-hybridized carbons (Fsp3) is 0.333. The molecule has 144 valence electrons. The Morgan fingerprint density at radius 1 is 1.30 bits per heavy atom. The first kappa shape index (κ1) is 18.8. The van der Waals surface area contributed by atoms with Crippen molar-refractivity contribution in [1.82, 2.24) is 5.32 Å². The molecule has 0 bridgehead atoms. The van der Waals surface area contributed by atoms with Gasteiger partial charge in [-0.2, -0.15) is 0 Å². The summed E-state index contributed by atoms with van der Waals surface area (Å²) in [7, 11) is 0. The van der Waals surface area contributed by atoms with E-state index in [4.69, 9.17) is 25.4 Å². The van der Waals surface area contributed by atoms with E-state index in [1.54, 1.807) is 26.8 Å². The molecule has 0 atom stereocenters. The molecule has 0 aliphatic rings. The van der Waals surface area contributed by atoms with Gasteiger partial charge in [0.15, 0.2) is 5.58 Å². The minimum Gasteiger partial charge on any atom is -0.492 e. The molecule has 2 heterocycles. The number of carbonyl (C=O) groups excluding carboxylic acids is 2. The quantitative estimate of drug-likeness (QED) is 0.573. The molecule has 1 aromatic carbocycles. The van der Waals surface area contributed by atoms with Gasteiger partial charge in [-0.1, -0.05) is 0 Å². The standard InChI is InChI=1S/C18H21N3O5S/c1-18(2,3)26-17(23)21-6-7-24-9-4-5-10-11(8-9)27-15-12(19)14(16(20)22)25-13(10)15/h4-5,8H,6-7,19H2,1-3H3,(H2,20,22)(H,21,23). The van der Waals surface area contributed by atoms with Crippen molar-refractivity contribution >= 4 is 49.4 Å². The van der Waals surface area contributed by atoms with Gasteiger partial charge in [0.25, 0.3) is 5.91 Å². The van der Waals surface area contributed by atoms with Crippen LogP contribution >= 0.6 is 11.3 Å². The fourth-order valence-corrected chi connectivity index (χ4v) is 3.61. The van der Waals surface area contributed by atoms with Gasteiger partial charge in [-0.25, -0.2) is 4.79 Å². The zero-order valence-corrected chi connectivity index (χ0v) is 16.1. The first-order valence-corrected chi connectivity index (χ1v) is 9.11. The summed E-state index contributed by atoms with van der Waals surface area (Å²) in [5, 5.41) is 3.46. The van der Waals surface area contributed by atoms with Gasteiger partial charge in [0.05, 0.1) is 11.2 Å². The molecule has 0 unspecified atom stereocenters. The van der Waals surface area contributed by atoms with Crippen molar-refractivity contribution in [3.05, 3.63) is 24.0 Å². The molecule has 3 aromatic rings. The average Bonchev–Trinajstić information content (AvgIpc) is 3.06. The summed E-state index contributed by atoms with van der Waals surface area (Å²) < 4.78 is 17.9. The lowest BCUT2D eigenvalue weighted by Crippen LogP contribution is -2.34. The Hall–Kier alpha value is -2.94. The summed E-state index contributed by atoms with van der Waals surface area (Å²) in [6.07, 6.45) is -0.485. The van der Waals surface area contributed by atoms with Crippen LogP contribution in [0.15, 0.2) is 22.6 Å². The van der Waals surface area contributed by atoms with Crippen LogP contribution in [0, 0.1) is 0 Å². The van der Waals surface area contributed by atoms with Crippen molar-refractivity contribution in [3.8, 4) is 5.75 Å². The van der Waals surface area contributed by atoms with E-state index in [0.717, 1.165) is 10.1 Å². The van der Waals surface area contributed by atoms with Gasteiger partial charge in [-0.3, -0.25) is 4.79 Å². The average molecular weight is 391 g/mol. The van der Waals surface area contributed by atoms with Crippen LogP contribution in [0.5, 0.6) is 5.75 Å². The summed E-state index contributed by atoms with van der Waals surface area (Å²) in [4.78, 5) is 22.9. The van der Waals surface area contributed by atoms with E-state index >= 15 is 0 Å². The normalized spacial score (nSPS) is 11.7. The Morgan fingerprint density at radius 3 is 2.70 bits per heavy atom. The van der Waals surface area contributed by atoms with E-state index in [1.807, 2.05) is 12.1 Å². The zero-order valence-electron chi connectivity index (χ0n) is 15.3. The van der Waals surface area contributed by atoms with Crippen molar-refractivity contribution in [2.24, 2.45) is 5.73 Å². The number of nitrogen functional groups attached to an aromatic ring is 1. The number of hydrogen-bond donors (Lipinski definition) is 3. The molecule has 0 aliphatic carbocycles.